The van der Waals surface area contributed by atoms with Gasteiger partial charge in [0.05, 0.1) is 6.67 Å². The summed E-state index contributed by atoms with van der Waals surface area (Å²) in [6, 6.07) is 0.472. The molecule has 0 aliphatic carbocycles. The molecule has 0 radical (unpaired) electrons. The first-order valence-corrected chi connectivity index (χ1v) is 4.70. The summed E-state index contributed by atoms with van der Waals surface area (Å²) in [5.41, 5.74) is 0. The molecule has 0 amide bonds. The molecule has 11 heavy (non-hydrogen) atoms. The molecule has 0 aliphatic heterocycles. The molecule has 68 valence electrons. The maximum atomic E-state index is 11.6. The Hall–Kier alpha value is 0.180. The predicted molar refractivity (Wildman–Crippen MR) is 48.0 cm³/mol. The van der Waals surface area contributed by atoms with Crippen LogP contribution >= 0.6 is 11.6 Å². The van der Waals surface area contributed by atoms with Crippen LogP contribution in [0.25, 0.3) is 0 Å². The lowest BCUT2D eigenvalue weighted by Crippen LogP contribution is -2.27. The van der Waals surface area contributed by atoms with Crippen LogP contribution in [0, 0.1) is 0 Å². The topological polar surface area (TPSA) is 12.0 Å². The maximum absolute atomic E-state index is 11.6. The molecule has 0 heterocycles. The molecule has 0 aliphatic rings. The summed E-state index contributed by atoms with van der Waals surface area (Å²) in [5.74, 6) is 0.717. The predicted octanol–water partition coefficient (Wildman–Crippen LogP) is 2.34. The van der Waals surface area contributed by atoms with E-state index in [1.165, 1.54) is 0 Å². The molecule has 3 heteroatoms. The lowest BCUT2D eigenvalue weighted by atomic mass is 10.2. The molecule has 0 bridgehead atoms. The molecular formula is C8H17ClFN. The van der Waals surface area contributed by atoms with Gasteiger partial charge in [0.2, 0.25) is 0 Å². The van der Waals surface area contributed by atoms with Gasteiger partial charge in [-0.05, 0) is 32.7 Å². The van der Waals surface area contributed by atoms with Gasteiger partial charge in [-0.1, -0.05) is 0 Å². The minimum absolute atomic E-state index is 0.227. The van der Waals surface area contributed by atoms with E-state index in [1.54, 1.807) is 0 Å². The average Bonchev–Trinajstić information content (AvgIpc) is 2.01. The van der Waals surface area contributed by atoms with Gasteiger partial charge in [0.1, 0.15) is 0 Å². The summed E-state index contributed by atoms with van der Waals surface area (Å²) in [4.78, 5) is 0. The van der Waals surface area contributed by atoms with Crippen LogP contribution in [0.3, 0.4) is 0 Å². The van der Waals surface area contributed by atoms with Gasteiger partial charge in [0.15, 0.2) is 0 Å². The number of rotatable bonds is 7. The second kappa shape index (κ2) is 8.28. The quantitative estimate of drug-likeness (QED) is 0.470. The molecule has 0 aromatic rings. The Morgan fingerprint density at radius 2 is 2.18 bits per heavy atom. The van der Waals surface area contributed by atoms with Crippen molar-refractivity contribution in [3.63, 3.8) is 0 Å². The van der Waals surface area contributed by atoms with Crippen molar-refractivity contribution in [2.24, 2.45) is 0 Å². The van der Waals surface area contributed by atoms with E-state index < -0.39 is 0 Å². The summed E-state index contributed by atoms with van der Waals surface area (Å²) in [7, 11) is 0. The van der Waals surface area contributed by atoms with Crippen molar-refractivity contribution in [2.45, 2.75) is 32.2 Å². The maximum Gasteiger partial charge on any atom is 0.0906 e. The highest BCUT2D eigenvalue weighted by Gasteiger charge is 1.98. The van der Waals surface area contributed by atoms with Gasteiger partial charge in [0.25, 0.3) is 0 Å². The van der Waals surface area contributed by atoms with E-state index in [-0.39, 0.29) is 6.67 Å². The van der Waals surface area contributed by atoms with Gasteiger partial charge in [-0.2, -0.15) is 0 Å². The third-order valence-electron chi connectivity index (χ3n) is 1.57. The molecule has 1 nitrogen and oxygen atoms in total. The lowest BCUT2D eigenvalue weighted by Gasteiger charge is -2.11. The summed E-state index contributed by atoms with van der Waals surface area (Å²) in [6.45, 7) is 2.65. The van der Waals surface area contributed by atoms with Crippen molar-refractivity contribution in [1.82, 2.24) is 5.32 Å². The standard InChI is InChI=1S/C8H17ClFN/c1-8(4-2-5-9)11-7-3-6-10/h8,11H,2-7H2,1H3. The van der Waals surface area contributed by atoms with Gasteiger partial charge in [0, 0.05) is 11.9 Å². The molecule has 0 saturated carbocycles. The molecule has 1 unspecified atom stereocenters. The SMILES string of the molecule is CC(CCCCl)NCCCF. The van der Waals surface area contributed by atoms with Crippen molar-refractivity contribution in [3.8, 4) is 0 Å². The lowest BCUT2D eigenvalue weighted by molar-refractivity contribution is 0.434. The van der Waals surface area contributed by atoms with Crippen LogP contribution in [-0.2, 0) is 0 Å². The Bertz CT molecular complexity index is 80.5. The smallest absolute Gasteiger partial charge is 0.0906 e. The molecular weight excluding hydrogens is 165 g/mol. The summed E-state index contributed by atoms with van der Waals surface area (Å²) >= 11 is 5.52. The minimum atomic E-state index is -0.227. The zero-order valence-electron chi connectivity index (χ0n) is 7.08. The number of hydrogen-bond donors (Lipinski definition) is 1. The van der Waals surface area contributed by atoms with Gasteiger partial charge in [-0.25, -0.2) is 0 Å². The summed E-state index contributed by atoms with van der Waals surface area (Å²) in [6.07, 6.45) is 2.73. The highest BCUT2D eigenvalue weighted by molar-refractivity contribution is 6.17. The van der Waals surface area contributed by atoms with Crippen molar-refractivity contribution >= 4 is 11.6 Å². The van der Waals surface area contributed by atoms with E-state index in [4.69, 9.17) is 11.6 Å². The second-order valence-electron chi connectivity index (χ2n) is 2.73. The van der Waals surface area contributed by atoms with E-state index in [9.17, 15) is 4.39 Å². The Kier molecular flexibility index (Phi) is 8.41. The number of halogens is 2. The van der Waals surface area contributed by atoms with Gasteiger partial charge in [-0.15, -0.1) is 11.6 Å². The Balaban J connectivity index is 3.02. The first-order chi connectivity index (χ1) is 5.31. The summed E-state index contributed by atoms with van der Waals surface area (Å²) in [5, 5.41) is 3.22. The number of alkyl halides is 2. The van der Waals surface area contributed by atoms with Crippen LogP contribution in [0.15, 0.2) is 0 Å². The fourth-order valence-electron chi connectivity index (χ4n) is 0.901. The fourth-order valence-corrected chi connectivity index (χ4v) is 1.05. The number of nitrogens with one attached hydrogen (secondary N) is 1. The van der Waals surface area contributed by atoms with E-state index in [0.29, 0.717) is 12.5 Å². The largest absolute Gasteiger partial charge is 0.314 e. The molecule has 0 aromatic carbocycles. The molecule has 0 aromatic heterocycles. The van der Waals surface area contributed by atoms with Gasteiger partial charge >= 0.3 is 0 Å². The fraction of sp³-hybridized carbons (Fsp3) is 1.00. The van der Waals surface area contributed by atoms with Crippen LogP contribution < -0.4 is 5.32 Å². The summed E-state index contributed by atoms with van der Waals surface area (Å²) < 4.78 is 11.6. The van der Waals surface area contributed by atoms with Crippen molar-refractivity contribution in [1.29, 1.82) is 0 Å². The van der Waals surface area contributed by atoms with E-state index in [1.807, 2.05) is 0 Å². The first kappa shape index (κ1) is 11.2. The molecule has 1 atom stereocenters. The molecule has 0 rings (SSSR count). The van der Waals surface area contributed by atoms with Crippen LogP contribution in [0.5, 0.6) is 0 Å². The monoisotopic (exact) mass is 181 g/mol. The van der Waals surface area contributed by atoms with Crippen molar-refractivity contribution in [3.05, 3.63) is 0 Å². The van der Waals surface area contributed by atoms with E-state index in [0.717, 1.165) is 25.3 Å². The van der Waals surface area contributed by atoms with Crippen LogP contribution in [0.4, 0.5) is 4.39 Å². The minimum Gasteiger partial charge on any atom is -0.314 e. The van der Waals surface area contributed by atoms with Gasteiger partial charge < -0.3 is 5.32 Å². The molecule has 0 saturated heterocycles. The van der Waals surface area contributed by atoms with Crippen molar-refractivity contribution < 1.29 is 4.39 Å². The van der Waals surface area contributed by atoms with Crippen LogP contribution in [0.2, 0.25) is 0 Å². The first-order valence-electron chi connectivity index (χ1n) is 4.16. The number of hydrogen-bond acceptors (Lipinski definition) is 1. The van der Waals surface area contributed by atoms with Crippen molar-refractivity contribution in [2.75, 3.05) is 19.1 Å². The zero-order valence-corrected chi connectivity index (χ0v) is 7.83. The molecule has 0 spiro atoms. The van der Waals surface area contributed by atoms with Crippen LogP contribution in [-0.4, -0.2) is 25.1 Å². The van der Waals surface area contributed by atoms with Gasteiger partial charge in [-0.3, -0.25) is 4.39 Å². The highest BCUT2D eigenvalue weighted by atomic mass is 35.5. The highest BCUT2D eigenvalue weighted by Crippen LogP contribution is 1.97. The molecule has 0 fully saturated rings. The Labute approximate surface area is 73.3 Å². The van der Waals surface area contributed by atoms with Crippen LogP contribution in [0.1, 0.15) is 26.2 Å². The van der Waals surface area contributed by atoms with E-state index in [2.05, 4.69) is 12.2 Å². The van der Waals surface area contributed by atoms with E-state index >= 15 is 0 Å². The molecule has 1 N–H and O–H groups in total. The third-order valence-corrected chi connectivity index (χ3v) is 1.84. The second-order valence-corrected chi connectivity index (χ2v) is 3.11. The third kappa shape index (κ3) is 8.08. The average molecular weight is 182 g/mol. The Morgan fingerprint density at radius 3 is 2.73 bits per heavy atom. The zero-order chi connectivity index (χ0) is 8.53. The Morgan fingerprint density at radius 1 is 1.45 bits per heavy atom. The normalized spacial score (nSPS) is 13.4.